The molecule has 1 aliphatic rings. The maximum atomic E-state index is 6.13. The standard InChI is InChI=1S/C18H17N3OS/c1-11-15-10-22-17(7-16(15)21-18(20-11)23-2)14-9-19-8-12-5-3-4-6-13(12)14/h3-6,8-9,17H,7,10H2,1-2H3. The Morgan fingerprint density at radius 2 is 2.04 bits per heavy atom. The van der Waals surface area contributed by atoms with Gasteiger partial charge in [0.1, 0.15) is 0 Å². The molecule has 2 aromatic heterocycles. The predicted molar refractivity (Wildman–Crippen MR) is 91.5 cm³/mol. The van der Waals surface area contributed by atoms with Crippen molar-refractivity contribution >= 4 is 22.5 Å². The van der Waals surface area contributed by atoms with Crippen LogP contribution in [-0.2, 0) is 17.8 Å². The number of aryl methyl sites for hydroxylation is 1. The number of hydrogen-bond acceptors (Lipinski definition) is 5. The Labute approximate surface area is 139 Å². The van der Waals surface area contributed by atoms with Crippen LogP contribution in [0.4, 0.5) is 0 Å². The topological polar surface area (TPSA) is 47.9 Å². The summed E-state index contributed by atoms with van der Waals surface area (Å²) in [5.41, 5.74) is 4.39. The summed E-state index contributed by atoms with van der Waals surface area (Å²) >= 11 is 1.58. The van der Waals surface area contributed by atoms with Gasteiger partial charge in [0.05, 0.1) is 18.4 Å². The molecule has 0 N–H and O–H groups in total. The number of rotatable bonds is 2. The van der Waals surface area contributed by atoms with Crippen LogP contribution in [-0.4, -0.2) is 21.2 Å². The lowest BCUT2D eigenvalue weighted by Crippen LogP contribution is -2.19. The summed E-state index contributed by atoms with van der Waals surface area (Å²) in [6, 6.07) is 8.30. The van der Waals surface area contributed by atoms with Crippen LogP contribution in [0, 0.1) is 6.92 Å². The van der Waals surface area contributed by atoms with E-state index in [2.05, 4.69) is 28.2 Å². The molecule has 0 radical (unpaired) electrons. The molecule has 1 aromatic carbocycles. The summed E-state index contributed by atoms with van der Waals surface area (Å²) in [4.78, 5) is 13.6. The monoisotopic (exact) mass is 323 g/mol. The maximum Gasteiger partial charge on any atom is 0.187 e. The highest BCUT2D eigenvalue weighted by atomic mass is 32.2. The molecule has 0 saturated carbocycles. The van der Waals surface area contributed by atoms with E-state index in [0.717, 1.165) is 39.5 Å². The number of thioether (sulfide) groups is 1. The van der Waals surface area contributed by atoms with Crippen molar-refractivity contribution in [2.45, 2.75) is 31.2 Å². The van der Waals surface area contributed by atoms with Gasteiger partial charge in [0.2, 0.25) is 0 Å². The third kappa shape index (κ3) is 2.60. The van der Waals surface area contributed by atoms with E-state index in [1.165, 1.54) is 5.39 Å². The van der Waals surface area contributed by atoms with Crippen LogP contribution in [0.15, 0.2) is 41.8 Å². The molecule has 3 aromatic rings. The van der Waals surface area contributed by atoms with Crippen LogP contribution in [0.5, 0.6) is 0 Å². The van der Waals surface area contributed by atoms with Crippen molar-refractivity contribution in [2.24, 2.45) is 0 Å². The average Bonchev–Trinajstić information content (AvgIpc) is 2.60. The van der Waals surface area contributed by atoms with Gasteiger partial charge >= 0.3 is 0 Å². The fourth-order valence-corrected chi connectivity index (χ4v) is 3.52. The Morgan fingerprint density at radius 3 is 2.91 bits per heavy atom. The Morgan fingerprint density at radius 1 is 1.17 bits per heavy atom. The highest BCUT2D eigenvalue weighted by molar-refractivity contribution is 7.98. The van der Waals surface area contributed by atoms with Crippen molar-refractivity contribution in [1.82, 2.24) is 15.0 Å². The minimum Gasteiger partial charge on any atom is -0.368 e. The molecule has 0 spiro atoms. The molecule has 5 heteroatoms. The molecule has 3 heterocycles. The Kier molecular flexibility index (Phi) is 3.75. The van der Waals surface area contributed by atoms with Crippen LogP contribution in [0.25, 0.3) is 10.8 Å². The lowest BCUT2D eigenvalue weighted by atomic mass is 9.96. The van der Waals surface area contributed by atoms with Crippen molar-refractivity contribution in [3.05, 3.63) is 59.2 Å². The molecule has 0 aliphatic carbocycles. The molecule has 0 fully saturated rings. The zero-order valence-electron chi connectivity index (χ0n) is 13.1. The number of fused-ring (bicyclic) bond motifs is 2. The second kappa shape index (κ2) is 5.91. The van der Waals surface area contributed by atoms with E-state index in [9.17, 15) is 0 Å². The van der Waals surface area contributed by atoms with Crippen molar-refractivity contribution in [3.8, 4) is 0 Å². The van der Waals surface area contributed by atoms with Gasteiger partial charge in [-0.15, -0.1) is 0 Å². The first-order valence-corrected chi connectivity index (χ1v) is 8.83. The third-order valence-electron chi connectivity index (χ3n) is 4.32. The van der Waals surface area contributed by atoms with Crippen molar-refractivity contribution in [3.63, 3.8) is 0 Å². The largest absolute Gasteiger partial charge is 0.368 e. The van der Waals surface area contributed by atoms with Gasteiger partial charge in [0.15, 0.2) is 5.16 Å². The Bertz CT molecular complexity index is 876. The number of ether oxygens (including phenoxy) is 1. The third-order valence-corrected chi connectivity index (χ3v) is 4.86. The van der Waals surface area contributed by atoms with Gasteiger partial charge in [-0.05, 0) is 18.6 Å². The lowest BCUT2D eigenvalue weighted by molar-refractivity contribution is 0.0257. The average molecular weight is 323 g/mol. The normalized spacial score (nSPS) is 17.2. The molecule has 0 bridgehead atoms. The van der Waals surface area contributed by atoms with E-state index < -0.39 is 0 Å². The van der Waals surface area contributed by atoms with Gasteiger partial charge < -0.3 is 4.74 Å². The van der Waals surface area contributed by atoms with Crippen molar-refractivity contribution in [2.75, 3.05) is 6.26 Å². The van der Waals surface area contributed by atoms with E-state index in [4.69, 9.17) is 9.72 Å². The molecule has 1 aliphatic heterocycles. The summed E-state index contributed by atoms with van der Waals surface area (Å²) < 4.78 is 6.13. The molecule has 4 nitrogen and oxygen atoms in total. The van der Waals surface area contributed by atoms with Crippen LogP contribution in [0.1, 0.15) is 28.6 Å². The number of hydrogen-bond donors (Lipinski definition) is 0. The molecule has 116 valence electrons. The predicted octanol–water partition coefficient (Wildman–Crippen LogP) is 3.87. The second-order valence-electron chi connectivity index (χ2n) is 5.67. The number of aromatic nitrogens is 3. The van der Waals surface area contributed by atoms with Crippen LogP contribution in [0.2, 0.25) is 0 Å². The van der Waals surface area contributed by atoms with Gasteiger partial charge in [-0.2, -0.15) is 0 Å². The zero-order valence-corrected chi connectivity index (χ0v) is 13.9. The molecular weight excluding hydrogens is 306 g/mol. The quantitative estimate of drug-likeness (QED) is 0.529. The van der Waals surface area contributed by atoms with E-state index in [1.807, 2.05) is 31.6 Å². The first kappa shape index (κ1) is 14.6. The van der Waals surface area contributed by atoms with Crippen molar-refractivity contribution in [1.29, 1.82) is 0 Å². The maximum absolute atomic E-state index is 6.13. The molecule has 1 unspecified atom stereocenters. The number of benzene rings is 1. The number of nitrogens with zero attached hydrogens (tertiary/aromatic N) is 3. The first-order chi connectivity index (χ1) is 11.3. The zero-order chi connectivity index (χ0) is 15.8. The highest BCUT2D eigenvalue weighted by Gasteiger charge is 2.25. The molecule has 1 atom stereocenters. The van der Waals surface area contributed by atoms with Gasteiger partial charge in [0.25, 0.3) is 0 Å². The molecule has 0 saturated heterocycles. The highest BCUT2D eigenvalue weighted by Crippen LogP contribution is 2.34. The first-order valence-electron chi connectivity index (χ1n) is 7.61. The molecule has 23 heavy (non-hydrogen) atoms. The van der Waals surface area contributed by atoms with Gasteiger partial charge in [-0.25, -0.2) is 9.97 Å². The summed E-state index contributed by atoms with van der Waals surface area (Å²) in [6.45, 7) is 2.59. The molecule has 0 amide bonds. The van der Waals surface area contributed by atoms with E-state index in [-0.39, 0.29) is 6.10 Å². The lowest BCUT2D eigenvalue weighted by Gasteiger charge is -2.26. The minimum absolute atomic E-state index is 0.00916. The number of pyridine rings is 1. The summed E-state index contributed by atoms with van der Waals surface area (Å²) in [5, 5.41) is 3.17. The summed E-state index contributed by atoms with van der Waals surface area (Å²) in [5.74, 6) is 0. The van der Waals surface area contributed by atoms with Crippen LogP contribution in [0.3, 0.4) is 0 Å². The van der Waals surface area contributed by atoms with E-state index in [1.54, 1.807) is 11.8 Å². The van der Waals surface area contributed by atoms with Gasteiger partial charge in [-0.3, -0.25) is 4.98 Å². The molecular formula is C18H17N3OS. The smallest absolute Gasteiger partial charge is 0.187 e. The summed E-state index contributed by atoms with van der Waals surface area (Å²) in [7, 11) is 0. The second-order valence-corrected chi connectivity index (χ2v) is 6.45. The van der Waals surface area contributed by atoms with Gasteiger partial charge in [-0.1, -0.05) is 36.0 Å². The summed E-state index contributed by atoms with van der Waals surface area (Å²) in [6.07, 6.45) is 6.58. The fraction of sp³-hybridized carbons (Fsp3) is 0.278. The van der Waals surface area contributed by atoms with Crippen molar-refractivity contribution < 1.29 is 4.74 Å². The van der Waals surface area contributed by atoms with Crippen LogP contribution >= 0.6 is 11.8 Å². The SMILES string of the molecule is CSc1nc(C)c2c(n1)CC(c1cncc3ccccc13)OC2. The fourth-order valence-electron chi connectivity index (χ4n) is 3.09. The van der Waals surface area contributed by atoms with Gasteiger partial charge in [0, 0.05) is 41.0 Å². The minimum atomic E-state index is -0.00916. The van der Waals surface area contributed by atoms with Crippen LogP contribution < -0.4 is 0 Å². The Hall–Kier alpha value is -1.98. The Balaban J connectivity index is 1.76. The van der Waals surface area contributed by atoms with E-state index >= 15 is 0 Å². The van der Waals surface area contributed by atoms with E-state index in [0.29, 0.717) is 6.61 Å². The molecule has 4 rings (SSSR count).